The third-order valence-corrected chi connectivity index (χ3v) is 8.56. The van der Waals surface area contributed by atoms with Gasteiger partial charge in [0.05, 0.1) is 27.6 Å². The van der Waals surface area contributed by atoms with Gasteiger partial charge >= 0.3 is 13.6 Å². The Labute approximate surface area is 221 Å². The van der Waals surface area contributed by atoms with Crippen LogP contribution in [0.15, 0.2) is 11.1 Å². The summed E-state index contributed by atoms with van der Waals surface area (Å²) in [7, 11) is 3.03. The van der Waals surface area contributed by atoms with Crippen molar-refractivity contribution in [3.05, 3.63) is 11.1 Å². The lowest BCUT2D eigenvalue weighted by atomic mass is 10.0. The van der Waals surface area contributed by atoms with Crippen LogP contribution >= 0.6 is 7.60 Å². The fraction of sp³-hybridized carbons (Fsp3) is 0.893. The molecule has 0 radical (unpaired) electrons. The zero-order valence-electron chi connectivity index (χ0n) is 23.9. The molecule has 0 amide bonds. The Balaban J connectivity index is 2.23. The number of esters is 1. The van der Waals surface area contributed by atoms with Gasteiger partial charge in [0.15, 0.2) is 0 Å². The predicted molar refractivity (Wildman–Crippen MR) is 147 cm³/mol. The fourth-order valence-corrected chi connectivity index (χ4v) is 6.16. The van der Waals surface area contributed by atoms with Crippen molar-refractivity contribution in [3.8, 4) is 0 Å². The summed E-state index contributed by atoms with van der Waals surface area (Å²) in [6.07, 6.45) is 20.2. The zero-order valence-corrected chi connectivity index (χ0v) is 24.8. The maximum Gasteiger partial charge on any atom is 0.398 e. The average Bonchev–Trinajstić information content (AvgIpc) is 3.18. The van der Waals surface area contributed by atoms with Crippen molar-refractivity contribution in [1.82, 2.24) is 0 Å². The molecule has 212 valence electrons. The van der Waals surface area contributed by atoms with Gasteiger partial charge in [0.1, 0.15) is 6.54 Å². The minimum absolute atomic E-state index is 0.0172. The van der Waals surface area contributed by atoms with Gasteiger partial charge in [-0.15, -0.1) is 0 Å². The molecular formula is C28H55NO6P+. The van der Waals surface area contributed by atoms with Crippen molar-refractivity contribution in [2.75, 3.05) is 34.8 Å². The lowest BCUT2D eigenvalue weighted by Crippen LogP contribution is -2.42. The Morgan fingerprint density at radius 2 is 1.31 bits per heavy atom. The van der Waals surface area contributed by atoms with E-state index in [4.69, 9.17) is 13.8 Å². The van der Waals surface area contributed by atoms with E-state index in [1.165, 1.54) is 90.6 Å². The number of aliphatic hydroxyl groups excluding tert-OH is 1. The van der Waals surface area contributed by atoms with E-state index in [0.717, 1.165) is 19.3 Å². The lowest BCUT2D eigenvalue weighted by molar-refractivity contribution is -0.876. The van der Waals surface area contributed by atoms with E-state index >= 15 is 0 Å². The molecular weight excluding hydrogens is 477 g/mol. The normalized spacial score (nSPS) is 16.9. The second-order valence-corrected chi connectivity index (χ2v) is 13.3. The quantitative estimate of drug-likeness (QED) is 0.0478. The molecule has 2 atom stereocenters. The highest BCUT2D eigenvalue weighted by Crippen LogP contribution is 2.60. The van der Waals surface area contributed by atoms with Crippen molar-refractivity contribution in [2.24, 2.45) is 0 Å². The van der Waals surface area contributed by atoms with Crippen LogP contribution in [-0.2, 0) is 23.1 Å². The molecule has 1 N–H and O–H groups in total. The van der Waals surface area contributed by atoms with Gasteiger partial charge < -0.3 is 18.9 Å². The summed E-state index contributed by atoms with van der Waals surface area (Å²) >= 11 is 0. The average molecular weight is 533 g/mol. The molecule has 1 heterocycles. The highest BCUT2D eigenvalue weighted by Gasteiger charge is 2.42. The van der Waals surface area contributed by atoms with Crippen LogP contribution in [0.4, 0.5) is 0 Å². The Kier molecular flexibility index (Phi) is 17.1. The standard InChI is InChI=1S/C28H55NO6P/c1-6-7-8-9-10-11-12-13-14-15-16-17-18-19-20-21-22-25-23-26(30)34-28(25)36(32,33-5)35-27(31)24-29(2,3)4/h27,31H,6-24H2,1-5H3/q+1. The van der Waals surface area contributed by atoms with Crippen molar-refractivity contribution < 1.29 is 32.7 Å². The smallest absolute Gasteiger partial charge is 0.398 e. The molecule has 8 heteroatoms. The minimum Gasteiger partial charge on any atom is -0.418 e. The van der Waals surface area contributed by atoms with Crippen LogP contribution < -0.4 is 0 Å². The number of rotatable bonds is 23. The topological polar surface area (TPSA) is 82.1 Å². The second kappa shape index (κ2) is 18.5. The van der Waals surface area contributed by atoms with Crippen molar-refractivity contribution in [3.63, 3.8) is 0 Å². The molecule has 0 saturated heterocycles. The molecule has 0 aliphatic carbocycles. The number of carbonyl (C=O) groups is 1. The number of ether oxygens (including phenoxy) is 1. The molecule has 0 fully saturated rings. The maximum atomic E-state index is 13.3. The Bertz CT molecular complexity index is 688. The van der Waals surface area contributed by atoms with E-state index in [1.807, 2.05) is 21.1 Å². The Hall–Kier alpha value is -0.720. The van der Waals surface area contributed by atoms with Crippen molar-refractivity contribution in [2.45, 2.75) is 129 Å². The number of unbranched alkanes of at least 4 members (excludes halogenated alkanes) is 15. The molecule has 2 unspecified atom stereocenters. The number of quaternary nitrogens is 1. The van der Waals surface area contributed by atoms with Crippen LogP contribution in [0.25, 0.3) is 0 Å². The molecule has 0 aromatic heterocycles. The number of cyclic esters (lactones) is 1. The Morgan fingerprint density at radius 3 is 1.72 bits per heavy atom. The van der Waals surface area contributed by atoms with Crippen molar-refractivity contribution >= 4 is 13.6 Å². The molecule has 1 aliphatic rings. The van der Waals surface area contributed by atoms with Crippen LogP contribution in [0.1, 0.15) is 122 Å². The summed E-state index contributed by atoms with van der Waals surface area (Å²) in [5, 5.41) is 10.2. The highest BCUT2D eigenvalue weighted by atomic mass is 31.2. The number of nitrogens with zero attached hydrogens (tertiary/aromatic N) is 1. The zero-order chi connectivity index (χ0) is 26.9. The molecule has 1 aliphatic heterocycles. The third kappa shape index (κ3) is 14.9. The SMILES string of the molecule is CCCCCCCCCCCCCCCCCCC1=C(P(=O)(OC)OC(O)C[N+](C)(C)C)OC(=O)C1. The van der Waals surface area contributed by atoms with Crippen LogP contribution in [-0.4, -0.2) is 56.6 Å². The molecule has 36 heavy (non-hydrogen) atoms. The largest absolute Gasteiger partial charge is 0.418 e. The summed E-state index contributed by atoms with van der Waals surface area (Å²) in [4.78, 5) is 12.0. The first kappa shape index (κ1) is 33.3. The molecule has 0 aromatic rings. The summed E-state index contributed by atoms with van der Waals surface area (Å²) in [6.45, 7) is 2.49. The monoisotopic (exact) mass is 532 g/mol. The number of carbonyl (C=O) groups excluding carboxylic acids is 1. The van der Waals surface area contributed by atoms with E-state index in [9.17, 15) is 14.5 Å². The number of hydrogen-bond donors (Lipinski definition) is 1. The van der Waals surface area contributed by atoms with Gasteiger partial charge in [0.25, 0.3) is 0 Å². The van der Waals surface area contributed by atoms with E-state index in [0.29, 0.717) is 16.5 Å². The fourth-order valence-electron chi connectivity index (χ4n) is 4.63. The van der Waals surface area contributed by atoms with E-state index in [-0.39, 0.29) is 18.5 Å². The first-order valence-electron chi connectivity index (χ1n) is 14.4. The summed E-state index contributed by atoms with van der Waals surface area (Å²) in [5.74, 6) is -0.446. The first-order valence-corrected chi connectivity index (χ1v) is 15.9. The first-order chi connectivity index (χ1) is 17.1. The molecule has 0 saturated carbocycles. The molecule has 0 aromatic carbocycles. The van der Waals surface area contributed by atoms with Gasteiger partial charge in [-0.05, 0) is 18.4 Å². The Morgan fingerprint density at radius 1 is 0.861 bits per heavy atom. The second-order valence-electron chi connectivity index (χ2n) is 11.3. The number of hydrogen-bond acceptors (Lipinski definition) is 6. The minimum atomic E-state index is -3.90. The summed E-state index contributed by atoms with van der Waals surface area (Å²) in [5.41, 5.74) is 0.657. The van der Waals surface area contributed by atoms with Crippen LogP contribution in [0.2, 0.25) is 0 Å². The van der Waals surface area contributed by atoms with E-state index in [1.54, 1.807) is 0 Å². The highest BCUT2D eigenvalue weighted by molar-refractivity contribution is 7.58. The van der Waals surface area contributed by atoms with Crippen LogP contribution in [0.5, 0.6) is 0 Å². The van der Waals surface area contributed by atoms with Gasteiger partial charge in [-0.2, -0.15) is 0 Å². The van der Waals surface area contributed by atoms with Crippen LogP contribution in [0.3, 0.4) is 0 Å². The number of aliphatic hydroxyl groups is 1. The maximum absolute atomic E-state index is 13.3. The molecule has 7 nitrogen and oxygen atoms in total. The van der Waals surface area contributed by atoms with E-state index < -0.39 is 19.9 Å². The molecule has 0 bridgehead atoms. The van der Waals surface area contributed by atoms with Gasteiger partial charge in [0.2, 0.25) is 11.8 Å². The molecule has 1 rings (SSSR count). The summed E-state index contributed by atoms with van der Waals surface area (Å²) < 4.78 is 29.5. The van der Waals surface area contributed by atoms with Crippen molar-refractivity contribution in [1.29, 1.82) is 0 Å². The van der Waals surface area contributed by atoms with Gasteiger partial charge in [-0.3, -0.25) is 13.9 Å². The van der Waals surface area contributed by atoms with E-state index in [2.05, 4.69) is 6.92 Å². The summed E-state index contributed by atoms with van der Waals surface area (Å²) in [6, 6.07) is 0. The third-order valence-electron chi connectivity index (χ3n) is 6.66. The van der Waals surface area contributed by atoms with Crippen LogP contribution in [0, 0.1) is 0 Å². The van der Waals surface area contributed by atoms with Gasteiger partial charge in [0, 0.05) is 7.11 Å². The molecule has 0 spiro atoms. The van der Waals surface area contributed by atoms with Gasteiger partial charge in [-0.25, -0.2) is 0 Å². The predicted octanol–water partition coefficient (Wildman–Crippen LogP) is 7.68. The number of likely N-dealkylation sites (N-methyl/N-ethyl adjacent to an activating group) is 1. The van der Waals surface area contributed by atoms with Gasteiger partial charge in [-0.1, -0.05) is 103 Å². The lowest BCUT2D eigenvalue weighted by Gasteiger charge is -2.28.